The molecule has 2 atom stereocenters. The Morgan fingerprint density at radius 3 is 2.62 bits per heavy atom. The van der Waals surface area contributed by atoms with Crippen LogP contribution in [0.15, 0.2) is 12.3 Å². The van der Waals surface area contributed by atoms with E-state index < -0.39 is 0 Å². The highest BCUT2D eigenvalue weighted by Gasteiger charge is 2.57. The molecule has 1 aromatic heterocycles. The fourth-order valence-corrected chi connectivity index (χ4v) is 1.96. The normalized spacial score (nSPS) is 30.5. The number of nitrogens with two attached hydrogens (primary N) is 1. The predicted octanol–water partition coefficient (Wildman–Crippen LogP) is 1.35. The molecule has 0 spiro atoms. The number of aryl methyl sites for hydroxylation is 1. The Labute approximate surface area is 78.9 Å². The van der Waals surface area contributed by atoms with Gasteiger partial charge in [-0.2, -0.15) is 5.10 Å². The molecule has 0 aromatic carbocycles. The van der Waals surface area contributed by atoms with E-state index in [2.05, 4.69) is 31.9 Å². The molecular weight excluding hydrogens is 162 g/mol. The first-order valence-electron chi connectivity index (χ1n) is 4.86. The van der Waals surface area contributed by atoms with E-state index in [0.29, 0.717) is 5.92 Å². The maximum atomic E-state index is 5.98. The fraction of sp³-hybridized carbons (Fsp3) is 0.700. The largest absolute Gasteiger partial charge is 0.327 e. The summed E-state index contributed by atoms with van der Waals surface area (Å²) in [5.74, 6) is 0.459. The Hall–Kier alpha value is -0.830. The Balaban J connectivity index is 2.19. The standard InChI is InChI=1S/C10H17N3/c1-4-13-6-5-7(12-13)8-9(11)10(8,2)3/h5-6,8-9H,4,11H2,1-3H3/t8-,9-/m1/s1. The molecule has 1 aliphatic rings. The molecule has 0 unspecified atom stereocenters. The molecule has 72 valence electrons. The van der Waals surface area contributed by atoms with Crippen LogP contribution >= 0.6 is 0 Å². The number of hydrogen-bond acceptors (Lipinski definition) is 2. The topological polar surface area (TPSA) is 43.8 Å². The third kappa shape index (κ3) is 1.18. The summed E-state index contributed by atoms with van der Waals surface area (Å²) in [6.07, 6.45) is 2.02. The van der Waals surface area contributed by atoms with Crippen molar-refractivity contribution >= 4 is 0 Å². The van der Waals surface area contributed by atoms with E-state index in [1.807, 2.05) is 10.9 Å². The number of nitrogens with zero attached hydrogens (tertiary/aromatic N) is 2. The average molecular weight is 179 g/mol. The van der Waals surface area contributed by atoms with Gasteiger partial charge in [0, 0.05) is 24.7 Å². The molecule has 0 amide bonds. The van der Waals surface area contributed by atoms with Gasteiger partial charge in [-0.25, -0.2) is 0 Å². The molecule has 13 heavy (non-hydrogen) atoms. The molecule has 0 radical (unpaired) electrons. The van der Waals surface area contributed by atoms with Crippen LogP contribution in [0, 0.1) is 5.41 Å². The maximum Gasteiger partial charge on any atom is 0.0677 e. The van der Waals surface area contributed by atoms with Gasteiger partial charge in [0.1, 0.15) is 0 Å². The number of aromatic nitrogens is 2. The Kier molecular flexibility index (Phi) is 1.74. The molecule has 1 aromatic rings. The second-order valence-electron chi connectivity index (χ2n) is 4.42. The summed E-state index contributed by atoms with van der Waals surface area (Å²) in [4.78, 5) is 0. The predicted molar refractivity (Wildman–Crippen MR) is 52.4 cm³/mol. The second kappa shape index (κ2) is 2.58. The summed E-state index contributed by atoms with van der Waals surface area (Å²) < 4.78 is 1.95. The molecule has 0 saturated heterocycles. The van der Waals surface area contributed by atoms with Crippen molar-refractivity contribution in [1.29, 1.82) is 0 Å². The van der Waals surface area contributed by atoms with Gasteiger partial charge >= 0.3 is 0 Å². The van der Waals surface area contributed by atoms with Crippen molar-refractivity contribution in [2.24, 2.45) is 11.1 Å². The Bertz CT molecular complexity index is 314. The van der Waals surface area contributed by atoms with Gasteiger partial charge < -0.3 is 5.73 Å². The minimum atomic E-state index is 0.243. The summed E-state index contributed by atoms with van der Waals surface area (Å²) in [5, 5.41) is 4.47. The van der Waals surface area contributed by atoms with Crippen LogP contribution in [-0.4, -0.2) is 15.8 Å². The first kappa shape index (κ1) is 8.75. The molecular formula is C10H17N3. The monoisotopic (exact) mass is 179 g/mol. The van der Waals surface area contributed by atoms with Crippen molar-refractivity contribution < 1.29 is 0 Å². The molecule has 1 aliphatic carbocycles. The van der Waals surface area contributed by atoms with E-state index in [9.17, 15) is 0 Å². The van der Waals surface area contributed by atoms with Crippen molar-refractivity contribution in [3.8, 4) is 0 Å². The number of hydrogen-bond donors (Lipinski definition) is 1. The minimum Gasteiger partial charge on any atom is -0.327 e. The quantitative estimate of drug-likeness (QED) is 0.744. The van der Waals surface area contributed by atoms with E-state index in [1.165, 1.54) is 0 Å². The lowest BCUT2D eigenvalue weighted by Crippen LogP contribution is -2.06. The van der Waals surface area contributed by atoms with Crippen molar-refractivity contribution in [3.05, 3.63) is 18.0 Å². The van der Waals surface area contributed by atoms with Crippen molar-refractivity contribution in [3.63, 3.8) is 0 Å². The Morgan fingerprint density at radius 2 is 2.23 bits per heavy atom. The molecule has 3 heteroatoms. The minimum absolute atomic E-state index is 0.243. The maximum absolute atomic E-state index is 5.98. The highest BCUT2D eigenvalue weighted by Crippen LogP contribution is 2.56. The van der Waals surface area contributed by atoms with Crippen LogP contribution in [0.5, 0.6) is 0 Å². The smallest absolute Gasteiger partial charge is 0.0677 e. The Morgan fingerprint density at radius 1 is 1.62 bits per heavy atom. The molecule has 1 fully saturated rings. The lowest BCUT2D eigenvalue weighted by molar-refractivity contribution is 0.585. The SMILES string of the molecule is CCn1ccc([C@@H]2[C@@H](N)C2(C)C)n1. The average Bonchev–Trinajstić information content (AvgIpc) is 2.55. The zero-order valence-corrected chi connectivity index (χ0v) is 8.49. The molecule has 0 aliphatic heterocycles. The fourth-order valence-electron chi connectivity index (χ4n) is 1.96. The summed E-state index contributed by atoms with van der Waals surface area (Å²) in [6, 6.07) is 2.37. The van der Waals surface area contributed by atoms with E-state index in [-0.39, 0.29) is 11.5 Å². The second-order valence-corrected chi connectivity index (χ2v) is 4.42. The summed E-state index contributed by atoms with van der Waals surface area (Å²) in [6.45, 7) is 7.43. The lowest BCUT2D eigenvalue weighted by Gasteiger charge is -1.98. The van der Waals surface area contributed by atoms with E-state index in [4.69, 9.17) is 5.73 Å². The van der Waals surface area contributed by atoms with Crippen molar-refractivity contribution in [2.45, 2.75) is 39.3 Å². The van der Waals surface area contributed by atoms with E-state index in [1.54, 1.807) is 0 Å². The molecule has 1 saturated carbocycles. The van der Waals surface area contributed by atoms with Gasteiger partial charge in [0.2, 0.25) is 0 Å². The van der Waals surface area contributed by atoms with Crippen LogP contribution in [0.2, 0.25) is 0 Å². The lowest BCUT2D eigenvalue weighted by atomic mass is 10.1. The third-order valence-corrected chi connectivity index (χ3v) is 3.21. The van der Waals surface area contributed by atoms with E-state index in [0.717, 1.165) is 12.2 Å². The van der Waals surface area contributed by atoms with Crippen LogP contribution in [0.4, 0.5) is 0 Å². The zero-order valence-electron chi connectivity index (χ0n) is 8.49. The molecule has 2 rings (SSSR count). The molecule has 2 N–H and O–H groups in total. The van der Waals surface area contributed by atoms with Gasteiger partial charge in [-0.15, -0.1) is 0 Å². The van der Waals surface area contributed by atoms with Gasteiger partial charge in [0.15, 0.2) is 0 Å². The molecule has 3 nitrogen and oxygen atoms in total. The summed E-state index contributed by atoms with van der Waals surface area (Å²) in [7, 11) is 0. The highest BCUT2D eigenvalue weighted by molar-refractivity contribution is 5.27. The van der Waals surface area contributed by atoms with Gasteiger partial charge in [0.25, 0.3) is 0 Å². The van der Waals surface area contributed by atoms with Crippen LogP contribution in [0.3, 0.4) is 0 Å². The van der Waals surface area contributed by atoms with Crippen LogP contribution in [-0.2, 0) is 6.54 Å². The first-order chi connectivity index (χ1) is 6.07. The summed E-state index contributed by atoms with van der Waals surface area (Å²) in [5.41, 5.74) is 7.37. The van der Waals surface area contributed by atoms with Crippen molar-refractivity contribution in [2.75, 3.05) is 0 Å². The van der Waals surface area contributed by atoms with Crippen LogP contribution < -0.4 is 5.73 Å². The van der Waals surface area contributed by atoms with Gasteiger partial charge in [-0.05, 0) is 18.4 Å². The van der Waals surface area contributed by atoms with Gasteiger partial charge in [-0.3, -0.25) is 4.68 Å². The highest BCUT2D eigenvalue weighted by atomic mass is 15.3. The molecule has 0 bridgehead atoms. The first-order valence-corrected chi connectivity index (χ1v) is 4.86. The zero-order chi connectivity index (χ0) is 9.64. The van der Waals surface area contributed by atoms with Crippen LogP contribution in [0.1, 0.15) is 32.4 Å². The van der Waals surface area contributed by atoms with Crippen molar-refractivity contribution in [1.82, 2.24) is 9.78 Å². The third-order valence-electron chi connectivity index (χ3n) is 3.21. The van der Waals surface area contributed by atoms with Gasteiger partial charge in [-0.1, -0.05) is 13.8 Å². The van der Waals surface area contributed by atoms with Gasteiger partial charge in [0.05, 0.1) is 5.69 Å². The molecule has 1 heterocycles. The number of rotatable bonds is 2. The summed E-state index contributed by atoms with van der Waals surface area (Å²) >= 11 is 0. The van der Waals surface area contributed by atoms with E-state index >= 15 is 0 Å². The van der Waals surface area contributed by atoms with Crippen LogP contribution in [0.25, 0.3) is 0 Å².